The van der Waals surface area contributed by atoms with Crippen LogP contribution in [0.5, 0.6) is 0 Å². The maximum absolute atomic E-state index is 11.9. The Labute approximate surface area is 101 Å². The molecular weight excluding hydrogens is 280 g/mol. The highest BCUT2D eigenvalue weighted by Crippen LogP contribution is 2.41. The van der Waals surface area contributed by atoms with Crippen LogP contribution in [0.3, 0.4) is 0 Å². The summed E-state index contributed by atoms with van der Waals surface area (Å²) in [5.74, 6) is 0.0270. The van der Waals surface area contributed by atoms with Crippen LogP contribution in [0, 0.1) is 5.41 Å². The highest BCUT2D eigenvalue weighted by molar-refractivity contribution is 9.11. The highest BCUT2D eigenvalue weighted by Gasteiger charge is 2.49. The molecule has 0 aromatic rings. The van der Waals surface area contributed by atoms with E-state index in [1.807, 2.05) is 20.8 Å². The minimum absolute atomic E-state index is 0.0270. The van der Waals surface area contributed by atoms with Crippen LogP contribution in [0.15, 0.2) is 0 Å². The van der Waals surface area contributed by atoms with E-state index in [1.54, 1.807) is 13.8 Å². The fourth-order valence-electron chi connectivity index (χ4n) is 1.47. The molecule has 5 heteroatoms. The predicted molar refractivity (Wildman–Crippen MR) is 66.9 cm³/mol. The van der Waals surface area contributed by atoms with Crippen molar-refractivity contribution in [3.63, 3.8) is 0 Å². The molecule has 0 saturated heterocycles. The van der Waals surface area contributed by atoms with Gasteiger partial charge in [-0.2, -0.15) is 0 Å². The van der Waals surface area contributed by atoms with E-state index in [9.17, 15) is 13.5 Å². The first-order valence-corrected chi connectivity index (χ1v) is 7.56. The Kier molecular flexibility index (Phi) is 4.84. The molecule has 0 fully saturated rings. The molecule has 2 atom stereocenters. The summed E-state index contributed by atoms with van der Waals surface area (Å²) in [7, 11) is -3.33. The van der Waals surface area contributed by atoms with Gasteiger partial charge in [0.05, 0.1) is 6.10 Å². The van der Waals surface area contributed by atoms with E-state index in [0.717, 1.165) is 0 Å². The van der Waals surface area contributed by atoms with Crippen molar-refractivity contribution in [2.45, 2.75) is 50.8 Å². The Morgan fingerprint density at radius 1 is 1.27 bits per heavy atom. The van der Waals surface area contributed by atoms with Crippen molar-refractivity contribution in [1.82, 2.24) is 0 Å². The van der Waals surface area contributed by atoms with E-state index in [-0.39, 0.29) is 5.75 Å². The maximum atomic E-state index is 11.9. The Hall–Kier alpha value is 0.390. The molecule has 0 aliphatic heterocycles. The Bertz CT molecular complexity index is 305. The molecule has 0 spiro atoms. The summed E-state index contributed by atoms with van der Waals surface area (Å²) in [6.45, 7) is 8.84. The van der Waals surface area contributed by atoms with Gasteiger partial charge in [-0.05, 0) is 11.8 Å². The number of hydrogen-bond donors (Lipinski definition) is 1. The van der Waals surface area contributed by atoms with Crippen LogP contribution in [0.1, 0.15) is 41.0 Å². The fourth-order valence-corrected chi connectivity index (χ4v) is 4.46. The van der Waals surface area contributed by atoms with Crippen LogP contribution >= 0.6 is 15.9 Å². The third-order valence-electron chi connectivity index (χ3n) is 2.61. The Morgan fingerprint density at radius 2 is 1.67 bits per heavy atom. The van der Waals surface area contributed by atoms with Crippen LogP contribution in [-0.4, -0.2) is 29.0 Å². The zero-order chi connectivity index (χ0) is 12.5. The molecule has 1 N–H and O–H groups in total. The van der Waals surface area contributed by atoms with Crippen molar-refractivity contribution < 1.29 is 13.5 Å². The van der Waals surface area contributed by atoms with Crippen molar-refractivity contribution in [1.29, 1.82) is 0 Å². The van der Waals surface area contributed by atoms with Gasteiger partial charge < -0.3 is 5.11 Å². The molecule has 3 nitrogen and oxygen atoms in total. The van der Waals surface area contributed by atoms with Crippen molar-refractivity contribution in [2.24, 2.45) is 5.41 Å². The summed E-state index contributed by atoms with van der Waals surface area (Å²) in [5.41, 5.74) is -0.470. The van der Waals surface area contributed by atoms with E-state index < -0.39 is 25.0 Å². The van der Waals surface area contributed by atoms with E-state index in [0.29, 0.717) is 6.42 Å². The summed E-state index contributed by atoms with van der Waals surface area (Å²) in [4.78, 5) is 0. The maximum Gasteiger partial charge on any atom is 0.168 e. The smallest absolute Gasteiger partial charge is 0.168 e. The van der Waals surface area contributed by atoms with Gasteiger partial charge in [0.1, 0.15) is 0 Å². The van der Waals surface area contributed by atoms with Crippen LogP contribution in [-0.2, 0) is 9.84 Å². The average molecular weight is 301 g/mol. The van der Waals surface area contributed by atoms with Crippen LogP contribution in [0.2, 0.25) is 0 Å². The lowest BCUT2D eigenvalue weighted by molar-refractivity contribution is 0.0508. The van der Waals surface area contributed by atoms with Crippen molar-refractivity contribution in [2.75, 3.05) is 5.75 Å². The molecule has 0 aromatic heterocycles. The second-order valence-corrected chi connectivity index (χ2v) is 9.29. The minimum Gasteiger partial charge on any atom is -0.390 e. The van der Waals surface area contributed by atoms with Gasteiger partial charge >= 0.3 is 0 Å². The van der Waals surface area contributed by atoms with Gasteiger partial charge in [-0.1, -0.05) is 50.5 Å². The minimum atomic E-state index is -3.33. The van der Waals surface area contributed by atoms with Gasteiger partial charge in [0.25, 0.3) is 0 Å². The standard InChI is InChI=1S/C10H21BrO3S/c1-6-10(11,15(13,14)7-2)8(12)9(3,4)5/h8,12H,6-7H2,1-5H3. The first kappa shape index (κ1) is 15.4. The Morgan fingerprint density at radius 3 is 1.87 bits per heavy atom. The quantitative estimate of drug-likeness (QED) is 0.811. The lowest BCUT2D eigenvalue weighted by Gasteiger charge is -2.38. The largest absolute Gasteiger partial charge is 0.390 e. The van der Waals surface area contributed by atoms with Gasteiger partial charge in [0.2, 0.25) is 0 Å². The molecular formula is C10H21BrO3S. The number of alkyl halides is 1. The number of aliphatic hydroxyl groups excluding tert-OH is 1. The second kappa shape index (κ2) is 4.72. The second-order valence-electron chi connectivity index (χ2n) is 4.81. The zero-order valence-electron chi connectivity index (χ0n) is 10.0. The molecule has 0 amide bonds. The lowest BCUT2D eigenvalue weighted by Crippen LogP contribution is -2.50. The van der Waals surface area contributed by atoms with Gasteiger partial charge in [-0.25, -0.2) is 8.42 Å². The van der Waals surface area contributed by atoms with Gasteiger partial charge in [-0.3, -0.25) is 0 Å². The molecule has 0 aromatic carbocycles. The van der Waals surface area contributed by atoms with Crippen molar-refractivity contribution in [3.8, 4) is 0 Å². The molecule has 0 aliphatic rings. The molecule has 0 aliphatic carbocycles. The molecule has 0 rings (SSSR count). The van der Waals surface area contributed by atoms with E-state index in [1.165, 1.54) is 0 Å². The zero-order valence-corrected chi connectivity index (χ0v) is 12.4. The summed E-state index contributed by atoms with van der Waals surface area (Å²) in [6, 6.07) is 0. The third-order valence-corrected chi connectivity index (χ3v) is 7.39. The lowest BCUT2D eigenvalue weighted by atomic mass is 9.86. The number of aliphatic hydroxyl groups is 1. The molecule has 92 valence electrons. The summed E-state index contributed by atoms with van der Waals surface area (Å²) >= 11 is 3.23. The van der Waals surface area contributed by atoms with Gasteiger partial charge in [0.15, 0.2) is 13.5 Å². The van der Waals surface area contributed by atoms with E-state index in [2.05, 4.69) is 15.9 Å². The van der Waals surface area contributed by atoms with Gasteiger partial charge in [0, 0.05) is 5.75 Å². The van der Waals surface area contributed by atoms with Crippen molar-refractivity contribution in [3.05, 3.63) is 0 Å². The van der Waals surface area contributed by atoms with E-state index in [4.69, 9.17) is 0 Å². The topological polar surface area (TPSA) is 54.4 Å². The number of rotatable bonds is 4. The SMILES string of the molecule is CCC(Br)(C(O)C(C)(C)C)S(=O)(=O)CC. The van der Waals surface area contributed by atoms with Crippen LogP contribution < -0.4 is 0 Å². The van der Waals surface area contributed by atoms with Gasteiger partial charge in [-0.15, -0.1) is 0 Å². The normalized spacial score (nSPS) is 19.7. The number of sulfone groups is 1. The number of halogens is 1. The van der Waals surface area contributed by atoms with Crippen LogP contribution in [0.25, 0.3) is 0 Å². The monoisotopic (exact) mass is 300 g/mol. The molecule has 0 bridgehead atoms. The summed E-state index contributed by atoms with van der Waals surface area (Å²) < 4.78 is 22.6. The number of hydrogen-bond acceptors (Lipinski definition) is 3. The Balaban J connectivity index is 5.40. The van der Waals surface area contributed by atoms with E-state index >= 15 is 0 Å². The molecule has 0 heterocycles. The van der Waals surface area contributed by atoms with Crippen molar-refractivity contribution >= 4 is 25.8 Å². The average Bonchev–Trinajstić information content (AvgIpc) is 2.13. The first-order chi connectivity index (χ1) is 6.53. The molecule has 0 radical (unpaired) electrons. The summed E-state index contributed by atoms with van der Waals surface area (Å²) in [5, 5.41) is 10.1. The first-order valence-electron chi connectivity index (χ1n) is 5.12. The summed E-state index contributed by atoms with van der Waals surface area (Å²) in [6.07, 6.45) is -0.582. The predicted octanol–water partition coefficient (Wildman–Crippen LogP) is 2.33. The molecule has 0 saturated carbocycles. The molecule has 15 heavy (non-hydrogen) atoms. The molecule has 2 unspecified atom stereocenters. The highest BCUT2D eigenvalue weighted by atomic mass is 79.9. The fraction of sp³-hybridized carbons (Fsp3) is 1.00. The third kappa shape index (κ3) is 2.94. The van der Waals surface area contributed by atoms with Crippen LogP contribution in [0.4, 0.5) is 0 Å².